The summed E-state index contributed by atoms with van der Waals surface area (Å²) in [5, 5.41) is 0. The summed E-state index contributed by atoms with van der Waals surface area (Å²) in [6.07, 6.45) is 8.12. The summed E-state index contributed by atoms with van der Waals surface area (Å²) in [6.45, 7) is 2.66. The van der Waals surface area contributed by atoms with Crippen molar-refractivity contribution in [3.05, 3.63) is 29.8 Å². The van der Waals surface area contributed by atoms with Crippen molar-refractivity contribution in [3.63, 3.8) is 0 Å². The van der Waals surface area contributed by atoms with Crippen molar-refractivity contribution in [1.29, 1.82) is 0 Å². The minimum atomic E-state index is -0.250. The number of fused-ring (bicyclic) bond motifs is 2. The van der Waals surface area contributed by atoms with E-state index in [-0.39, 0.29) is 5.97 Å². The standard InChI is InChI=1S/C18H26NO2/c1-14(20)21-18-8-3-5-15(13-18)11-12-19(2)16-6-4-7-17(19)10-9-16/h3,5,8,13,16-17H,4,6-7,9-12H2,1-2H3/q+1/t16-,17+,19?. The van der Waals surface area contributed by atoms with E-state index in [9.17, 15) is 4.79 Å². The number of esters is 1. The molecule has 3 nitrogen and oxygen atoms in total. The van der Waals surface area contributed by atoms with E-state index in [4.69, 9.17) is 4.74 Å². The number of benzene rings is 1. The topological polar surface area (TPSA) is 26.3 Å². The molecule has 0 amide bonds. The molecule has 0 radical (unpaired) electrons. The fourth-order valence-electron chi connectivity index (χ4n) is 4.41. The Morgan fingerprint density at radius 1 is 1.24 bits per heavy atom. The highest BCUT2D eigenvalue weighted by atomic mass is 16.5. The molecule has 114 valence electrons. The molecule has 1 aromatic rings. The SMILES string of the molecule is CC(=O)Oc1cccc(CC[N+]2(C)[C@@H]3CCC[C@H]2CC3)c1. The molecule has 2 aliphatic heterocycles. The average molecular weight is 288 g/mol. The second-order valence-electron chi connectivity index (χ2n) is 6.88. The van der Waals surface area contributed by atoms with Gasteiger partial charge in [0.2, 0.25) is 0 Å². The minimum Gasteiger partial charge on any atom is -0.427 e. The fourth-order valence-corrected chi connectivity index (χ4v) is 4.41. The van der Waals surface area contributed by atoms with E-state index in [2.05, 4.69) is 13.1 Å². The molecule has 21 heavy (non-hydrogen) atoms. The van der Waals surface area contributed by atoms with Crippen molar-refractivity contribution in [3.8, 4) is 5.75 Å². The molecule has 1 unspecified atom stereocenters. The van der Waals surface area contributed by atoms with E-state index in [0.29, 0.717) is 5.75 Å². The first kappa shape index (κ1) is 14.6. The van der Waals surface area contributed by atoms with Crippen LogP contribution in [0.15, 0.2) is 24.3 Å². The van der Waals surface area contributed by atoms with Crippen LogP contribution in [0.25, 0.3) is 0 Å². The molecule has 3 rings (SSSR count). The first-order chi connectivity index (χ1) is 10.1. The Bertz CT molecular complexity index is 510. The lowest BCUT2D eigenvalue weighted by Crippen LogP contribution is -2.56. The van der Waals surface area contributed by atoms with Gasteiger partial charge in [-0.1, -0.05) is 12.1 Å². The van der Waals surface area contributed by atoms with Gasteiger partial charge in [0.15, 0.2) is 0 Å². The number of carbonyl (C=O) groups is 1. The van der Waals surface area contributed by atoms with Crippen LogP contribution in [-0.4, -0.2) is 36.1 Å². The first-order valence-electron chi connectivity index (χ1n) is 8.20. The number of carbonyl (C=O) groups excluding carboxylic acids is 1. The predicted octanol–water partition coefficient (Wildman–Crippen LogP) is 3.32. The number of nitrogens with zero attached hydrogens (tertiary/aromatic N) is 1. The molecule has 3 heteroatoms. The molecular formula is C18H26NO2+. The molecule has 2 saturated heterocycles. The summed E-state index contributed by atoms with van der Waals surface area (Å²) in [5.74, 6) is 0.421. The van der Waals surface area contributed by atoms with Crippen LogP contribution >= 0.6 is 0 Å². The lowest BCUT2D eigenvalue weighted by molar-refractivity contribution is -0.948. The summed E-state index contributed by atoms with van der Waals surface area (Å²) in [4.78, 5) is 11.0. The van der Waals surface area contributed by atoms with Gasteiger partial charge in [-0.2, -0.15) is 0 Å². The van der Waals surface area contributed by atoms with Crippen LogP contribution in [0.2, 0.25) is 0 Å². The molecule has 0 aliphatic carbocycles. The van der Waals surface area contributed by atoms with Crippen molar-refractivity contribution >= 4 is 5.97 Å². The third-order valence-electron chi connectivity index (χ3n) is 5.62. The van der Waals surface area contributed by atoms with E-state index in [1.54, 1.807) is 0 Å². The van der Waals surface area contributed by atoms with Crippen molar-refractivity contribution in [1.82, 2.24) is 0 Å². The maximum Gasteiger partial charge on any atom is 0.308 e. The minimum absolute atomic E-state index is 0.250. The van der Waals surface area contributed by atoms with Crippen LogP contribution < -0.4 is 4.74 Å². The summed E-state index contributed by atoms with van der Waals surface area (Å²) >= 11 is 0. The predicted molar refractivity (Wildman–Crippen MR) is 83.2 cm³/mol. The summed E-state index contributed by atoms with van der Waals surface area (Å²) < 4.78 is 6.44. The molecular weight excluding hydrogens is 262 g/mol. The van der Waals surface area contributed by atoms with Gasteiger partial charge in [0.1, 0.15) is 5.75 Å². The zero-order valence-electron chi connectivity index (χ0n) is 13.2. The van der Waals surface area contributed by atoms with Gasteiger partial charge in [-0.25, -0.2) is 0 Å². The summed E-state index contributed by atoms with van der Waals surface area (Å²) in [5.41, 5.74) is 1.28. The zero-order valence-corrected chi connectivity index (χ0v) is 13.2. The van der Waals surface area contributed by atoms with E-state index in [0.717, 1.165) is 18.5 Å². The number of likely N-dealkylation sites (N-methyl/N-ethyl adjacent to an activating group) is 1. The van der Waals surface area contributed by atoms with Gasteiger partial charge in [-0.05, 0) is 37.0 Å². The molecule has 0 spiro atoms. The number of rotatable bonds is 4. The van der Waals surface area contributed by atoms with Crippen molar-refractivity contribution in [2.24, 2.45) is 0 Å². The van der Waals surface area contributed by atoms with Crippen LogP contribution in [-0.2, 0) is 11.2 Å². The maximum absolute atomic E-state index is 11.0. The molecule has 0 aromatic heterocycles. The molecule has 2 bridgehead atoms. The Balaban J connectivity index is 1.66. The van der Waals surface area contributed by atoms with Gasteiger partial charge in [0.25, 0.3) is 0 Å². The largest absolute Gasteiger partial charge is 0.427 e. The maximum atomic E-state index is 11.0. The number of hydrogen-bond acceptors (Lipinski definition) is 2. The van der Waals surface area contributed by atoms with Gasteiger partial charge in [-0.15, -0.1) is 0 Å². The van der Waals surface area contributed by atoms with Gasteiger partial charge in [0, 0.05) is 26.2 Å². The Hall–Kier alpha value is -1.35. The lowest BCUT2D eigenvalue weighted by Gasteiger charge is -2.45. The third kappa shape index (κ3) is 2.98. The third-order valence-corrected chi connectivity index (χ3v) is 5.62. The van der Waals surface area contributed by atoms with E-state index < -0.39 is 0 Å². The fraction of sp³-hybridized carbons (Fsp3) is 0.611. The normalized spacial score (nSPS) is 31.1. The van der Waals surface area contributed by atoms with Crippen molar-refractivity contribution in [2.75, 3.05) is 13.6 Å². The zero-order chi connectivity index (χ0) is 14.9. The Labute approximate surface area is 127 Å². The molecule has 0 saturated carbocycles. The van der Waals surface area contributed by atoms with Crippen LogP contribution in [0, 0.1) is 0 Å². The van der Waals surface area contributed by atoms with Crippen molar-refractivity contribution in [2.45, 2.75) is 57.5 Å². The van der Waals surface area contributed by atoms with E-state index >= 15 is 0 Å². The Kier molecular flexibility index (Phi) is 4.03. The molecule has 2 aliphatic rings. The number of hydrogen-bond donors (Lipinski definition) is 0. The smallest absolute Gasteiger partial charge is 0.308 e. The highest BCUT2D eigenvalue weighted by Gasteiger charge is 2.47. The van der Waals surface area contributed by atoms with Crippen LogP contribution in [0.3, 0.4) is 0 Å². The van der Waals surface area contributed by atoms with Crippen LogP contribution in [0.4, 0.5) is 0 Å². The van der Waals surface area contributed by atoms with Gasteiger partial charge in [-0.3, -0.25) is 4.79 Å². The Morgan fingerprint density at radius 3 is 2.62 bits per heavy atom. The summed E-state index contributed by atoms with van der Waals surface area (Å²) in [7, 11) is 2.46. The monoisotopic (exact) mass is 288 g/mol. The highest BCUT2D eigenvalue weighted by molar-refractivity contribution is 5.69. The molecule has 1 aromatic carbocycles. The second kappa shape index (κ2) is 5.80. The second-order valence-corrected chi connectivity index (χ2v) is 6.88. The van der Waals surface area contributed by atoms with E-state index in [1.807, 2.05) is 18.2 Å². The number of ether oxygens (including phenoxy) is 1. The highest BCUT2D eigenvalue weighted by Crippen LogP contribution is 2.41. The molecule has 2 heterocycles. The molecule has 3 atom stereocenters. The van der Waals surface area contributed by atoms with Crippen LogP contribution in [0.5, 0.6) is 5.75 Å². The van der Waals surface area contributed by atoms with Crippen LogP contribution in [0.1, 0.15) is 44.6 Å². The van der Waals surface area contributed by atoms with Gasteiger partial charge < -0.3 is 9.22 Å². The van der Waals surface area contributed by atoms with E-state index in [1.165, 1.54) is 55.6 Å². The quantitative estimate of drug-likeness (QED) is 0.483. The average Bonchev–Trinajstić information content (AvgIpc) is 2.65. The Morgan fingerprint density at radius 2 is 1.95 bits per heavy atom. The van der Waals surface area contributed by atoms with Crippen molar-refractivity contribution < 1.29 is 14.0 Å². The lowest BCUT2D eigenvalue weighted by atomic mass is 9.98. The molecule has 2 fully saturated rings. The summed E-state index contributed by atoms with van der Waals surface area (Å²) in [6, 6.07) is 9.75. The van der Waals surface area contributed by atoms with Gasteiger partial charge >= 0.3 is 5.97 Å². The first-order valence-corrected chi connectivity index (χ1v) is 8.20. The number of quaternary nitrogens is 1. The number of piperidine rings is 1. The molecule has 0 N–H and O–H groups in total. The van der Waals surface area contributed by atoms with Gasteiger partial charge in [0.05, 0.1) is 25.7 Å².